The summed E-state index contributed by atoms with van der Waals surface area (Å²) in [5.41, 5.74) is 0. The Morgan fingerprint density at radius 2 is 0.549 bits per heavy atom. The number of allylic oxidation sites excluding steroid dienone is 15. The third kappa shape index (κ3) is 74.3. The molecule has 102 heavy (non-hydrogen) atoms. The number of unbranched alkanes of at least 4 members (excludes halogenated alkanes) is 35. The molecule has 3 N–H and O–H groups in total. The number of ether oxygens (including phenoxy) is 4. The van der Waals surface area contributed by atoms with Crippen LogP contribution in [0, 0.1) is 0 Å². The summed E-state index contributed by atoms with van der Waals surface area (Å²) in [6.07, 6.45) is 79.9. The van der Waals surface area contributed by atoms with Gasteiger partial charge in [0.1, 0.15) is 19.3 Å². The van der Waals surface area contributed by atoms with Gasteiger partial charge in [0, 0.05) is 19.3 Å². The number of carbonyl (C=O) groups is 4. The van der Waals surface area contributed by atoms with E-state index in [0.29, 0.717) is 25.7 Å². The highest BCUT2D eigenvalue weighted by molar-refractivity contribution is 7.47. The molecule has 590 valence electrons. The molecule has 0 bridgehead atoms. The first-order chi connectivity index (χ1) is 49.7. The highest BCUT2D eigenvalue weighted by Gasteiger charge is 2.30. The monoisotopic (exact) mass is 1480 g/mol. The summed E-state index contributed by atoms with van der Waals surface area (Å²) < 4.78 is 68.5. The zero-order valence-corrected chi connectivity index (χ0v) is 66.3. The minimum atomic E-state index is -5.00. The molecule has 0 spiro atoms. The number of aliphatic hydroxyl groups is 1. The molecular formula is C83H146O17P2. The van der Waals surface area contributed by atoms with Gasteiger partial charge in [-0.15, -0.1) is 0 Å². The molecule has 0 aliphatic rings. The van der Waals surface area contributed by atoms with E-state index in [4.69, 9.17) is 37.0 Å². The lowest BCUT2D eigenvalue weighted by atomic mass is 10.0. The first kappa shape index (κ1) is 98.0. The summed E-state index contributed by atoms with van der Waals surface area (Å²) in [5.74, 6) is -2.31. The fraction of sp³-hybridized carbons (Fsp3) is 0.759. The van der Waals surface area contributed by atoms with Crippen LogP contribution in [0.25, 0.3) is 0 Å². The standard InChI is InChI=1S/C83H146O17P2/c1-5-9-13-17-21-25-29-33-36-37-38-39-42-45-48-52-56-60-64-68-81(86)94-74-79(100-83(88)70-66-62-58-54-50-46-41-35-31-27-23-19-15-11-7-3)76-98-102(91,92)96-72-77(84)71-95-101(89,90)97-75-78(99-82(87)69-65-61-57-53-49-43-32-28-24-20-16-12-8-4)73-93-80(85)67-63-59-55-51-47-44-40-34-30-26-22-18-14-10-6-2/h11,15,21,23,25,27,33,35-36,38-39,41,50,54,62,66,77-79,84H,5-10,12-14,16-20,22,24,26,28-32,34,37,40,42-49,51-53,55-61,63-65,67-76H2,1-4H3,(H,89,90)(H,91,92)/b15-11-,25-21-,27-23-,36-33-,39-38-,41-35-,54-50-,66-62-. The van der Waals surface area contributed by atoms with Crippen LogP contribution in [-0.4, -0.2) is 96.7 Å². The van der Waals surface area contributed by atoms with E-state index in [0.717, 1.165) is 128 Å². The van der Waals surface area contributed by atoms with Gasteiger partial charge in [-0.3, -0.25) is 37.3 Å². The van der Waals surface area contributed by atoms with Gasteiger partial charge in [0.05, 0.1) is 32.8 Å². The number of esters is 4. The second-order valence-corrected chi connectivity index (χ2v) is 29.9. The number of phosphoric acid groups is 2. The molecule has 17 nitrogen and oxygen atoms in total. The fourth-order valence-corrected chi connectivity index (χ4v) is 12.5. The first-order valence-corrected chi connectivity index (χ1v) is 43.5. The van der Waals surface area contributed by atoms with Crippen LogP contribution in [0.15, 0.2) is 97.2 Å². The second-order valence-electron chi connectivity index (χ2n) is 27.0. The smallest absolute Gasteiger partial charge is 0.462 e. The zero-order valence-electron chi connectivity index (χ0n) is 64.5. The van der Waals surface area contributed by atoms with Gasteiger partial charge in [0.2, 0.25) is 0 Å². The van der Waals surface area contributed by atoms with Crippen molar-refractivity contribution in [3.63, 3.8) is 0 Å². The molecule has 0 amide bonds. The molecule has 0 fully saturated rings. The third-order valence-electron chi connectivity index (χ3n) is 17.1. The fourth-order valence-electron chi connectivity index (χ4n) is 11.0. The lowest BCUT2D eigenvalue weighted by molar-refractivity contribution is -0.161. The molecule has 0 aromatic carbocycles. The van der Waals surface area contributed by atoms with Gasteiger partial charge < -0.3 is 33.8 Å². The van der Waals surface area contributed by atoms with Crippen molar-refractivity contribution in [1.29, 1.82) is 0 Å². The maximum atomic E-state index is 13.1. The van der Waals surface area contributed by atoms with Crippen LogP contribution in [0.5, 0.6) is 0 Å². The minimum absolute atomic E-state index is 0.0981. The van der Waals surface area contributed by atoms with Gasteiger partial charge in [-0.1, -0.05) is 330 Å². The molecule has 0 saturated heterocycles. The van der Waals surface area contributed by atoms with Crippen molar-refractivity contribution < 1.29 is 80.2 Å². The van der Waals surface area contributed by atoms with Crippen LogP contribution in [0.3, 0.4) is 0 Å². The van der Waals surface area contributed by atoms with Gasteiger partial charge in [0.25, 0.3) is 0 Å². The molecular weight excluding hydrogens is 1330 g/mol. The third-order valence-corrected chi connectivity index (χ3v) is 19.0. The Kier molecular flexibility index (Phi) is 72.3. The molecule has 0 heterocycles. The Morgan fingerprint density at radius 1 is 0.294 bits per heavy atom. The molecule has 0 aromatic heterocycles. The molecule has 0 aliphatic heterocycles. The number of carbonyl (C=O) groups excluding carboxylic acids is 4. The molecule has 0 radical (unpaired) electrons. The van der Waals surface area contributed by atoms with Gasteiger partial charge in [-0.25, -0.2) is 9.13 Å². The van der Waals surface area contributed by atoms with E-state index in [2.05, 4.69) is 101 Å². The molecule has 5 unspecified atom stereocenters. The summed E-state index contributed by atoms with van der Waals surface area (Å²) in [4.78, 5) is 72.9. The predicted octanol–water partition coefficient (Wildman–Crippen LogP) is 23.6. The highest BCUT2D eigenvalue weighted by atomic mass is 31.2. The Morgan fingerprint density at radius 3 is 0.892 bits per heavy atom. The maximum Gasteiger partial charge on any atom is 0.472 e. The zero-order chi connectivity index (χ0) is 74.6. The average Bonchev–Trinajstić information content (AvgIpc) is 0.907. The quantitative estimate of drug-likeness (QED) is 0.0169. The van der Waals surface area contributed by atoms with Crippen LogP contribution in [-0.2, 0) is 65.4 Å². The first-order valence-electron chi connectivity index (χ1n) is 40.5. The number of rotatable bonds is 76. The summed E-state index contributed by atoms with van der Waals surface area (Å²) in [6.45, 7) is 4.66. The predicted molar refractivity (Wildman–Crippen MR) is 418 cm³/mol. The van der Waals surface area contributed by atoms with E-state index in [1.807, 2.05) is 12.2 Å². The molecule has 0 aromatic rings. The van der Waals surface area contributed by atoms with E-state index in [1.54, 1.807) is 12.2 Å². The minimum Gasteiger partial charge on any atom is -0.462 e. The van der Waals surface area contributed by atoms with Crippen molar-refractivity contribution in [2.45, 2.75) is 367 Å². The molecule has 5 atom stereocenters. The van der Waals surface area contributed by atoms with E-state index >= 15 is 0 Å². The number of phosphoric ester groups is 2. The van der Waals surface area contributed by atoms with E-state index in [1.165, 1.54) is 141 Å². The second kappa shape index (κ2) is 75.2. The van der Waals surface area contributed by atoms with E-state index in [9.17, 15) is 43.2 Å². The summed E-state index contributed by atoms with van der Waals surface area (Å²) in [5, 5.41) is 10.6. The van der Waals surface area contributed by atoms with Crippen molar-refractivity contribution in [3.05, 3.63) is 97.2 Å². The van der Waals surface area contributed by atoms with Crippen molar-refractivity contribution in [2.75, 3.05) is 39.6 Å². The maximum absolute atomic E-state index is 13.1. The summed E-state index contributed by atoms with van der Waals surface area (Å²) in [6, 6.07) is 0. The normalized spacial score (nSPS) is 14.4. The van der Waals surface area contributed by atoms with Crippen molar-refractivity contribution in [3.8, 4) is 0 Å². The molecule has 19 heteroatoms. The average molecular weight is 1480 g/mol. The van der Waals surface area contributed by atoms with Crippen LogP contribution in [0.2, 0.25) is 0 Å². The van der Waals surface area contributed by atoms with Gasteiger partial charge in [0.15, 0.2) is 12.2 Å². The van der Waals surface area contributed by atoms with Crippen molar-refractivity contribution in [1.82, 2.24) is 0 Å². The number of aliphatic hydroxyl groups excluding tert-OH is 1. The lowest BCUT2D eigenvalue weighted by Crippen LogP contribution is -2.30. The van der Waals surface area contributed by atoms with Gasteiger partial charge in [-0.05, 0) is 89.9 Å². The topological polar surface area (TPSA) is 237 Å². The van der Waals surface area contributed by atoms with E-state index < -0.39 is 97.5 Å². The number of hydrogen-bond donors (Lipinski definition) is 3. The molecule has 0 rings (SSSR count). The summed E-state index contributed by atoms with van der Waals surface area (Å²) >= 11 is 0. The van der Waals surface area contributed by atoms with Crippen molar-refractivity contribution >= 4 is 39.5 Å². The van der Waals surface area contributed by atoms with Gasteiger partial charge >= 0.3 is 39.5 Å². The highest BCUT2D eigenvalue weighted by Crippen LogP contribution is 2.45. The molecule has 0 aliphatic carbocycles. The Bertz CT molecular complexity index is 2310. The summed E-state index contributed by atoms with van der Waals surface area (Å²) in [7, 11) is -9.98. The Hall–Kier alpha value is -4.02. The number of hydrogen-bond acceptors (Lipinski definition) is 15. The molecule has 0 saturated carbocycles. The largest absolute Gasteiger partial charge is 0.472 e. The van der Waals surface area contributed by atoms with Crippen LogP contribution < -0.4 is 0 Å². The van der Waals surface area contributed by atoms with Crippen molar-refractivity contribution in [2.24, 2.45) is 0 Å². The Labute approximate surface area is 620 Å². The lowest BCUT2D eigenvalue weighted by Gasteiger charge is -2.21. The SMILES string of the molecule is CC/C=C\C/C=C\C/C=C\C/C=C\C/C=C\CC(=O)OC(COC(=O)CCCCCCCC/C=C\C/C=C\C/C=C\CCCCC)COP(=O)(O)OCC(O)COP(=O)(O)OCC(COC(=O)CCCCCCCCCCCCCCCCC)OC(=O)CCCCCCCCCCCCCCC. The van der Waals surface area contributed by atoms with Crippen LogP contribution in [0.1, 0.15) is 349 Å². The Balaban J connectivity index is 5.39. The van der Waals surface area contributed by atoms with Crippen LogP contribution >= 0.6 is 15.6 Å². The van der Waals surface area contributed by atoms with Gasteiger partial charge in [-0.2, -0.15) is 0 Å². The van der Waals surface area contributed by atoms with E-state index in [-0.39, 0.29) is 25.7 Å². The van der Waals surface area contributed by atoms with Crippen LogP contribution in [0.4, 0.5) is 0 Å².